The highest BCUT2D eigenvalue weighted by molar-refractivity contribution is 6.33. The zero-order valence-corrected chi connectivity index (χ0v) is 8.88. The van der Waals surface area contributed by atoms with Crippen LogP contribution in [-0.2, 0) is 11.0 Å². The number of aliphatic carboxylic acids is 1. The van der Waals surface area contributed by atoms with E-state index in [2.05, 4.69) is 0 Å². The molecule has 0 saturated carbocycles. The lowest BCUT2D eigenvalue weighted by Crippen LogP contribution is -2.18. The molecule has 0 bridgehead atoms. The normalized spacial score (nSPS) is 13.5. The Bertz CT molecular complexity index is 462. The summed E-state index contributed by atoms with van der Waals surface area (Å²) in [6.45, 7) is 0. The monoisotopic (exact) mass is 269 g/mol. The lowest BCUT2D eigenvalue weighted by Gasteiger charge is -2.16. The van der Waals surface area contributed by atoms with Gasteiger partial charge in [0.2, 0.25) is 0 Å². The number of hydrogen-bond acceptors (Lipinski definition) is 3. The van der Waals surface area contributed by atoms with Crippen LogP contribution in [-0.4, -0.2) is 16.2 Å². The molecule has 1 aromatic carbocycles. The number of anilines is 1. The fourth-order valence-electron chi connectivity index (χ4n) is 1.21. The van der Waals surface area contributed by atoms with Crippen molar-refractivity contribution in [1.82, 2.24) is 0 Å². The molecule has 1 rings (SSSR count). The van der Waals surface area contributed by atoms with Crippen molar-refractivity contribution in [1.29, 1.82) is 0 Å². The second kappa shape index (κ2) is 4.42. The van der Waals surface area contributed by atoms with Crippen molar-refractivity contribution >= 4 is 23.3 Å². The molecule has 1 unspecified atom stereocenters. The van der Waals surface area contributed by atoms with Gasteiger partial charge in [0.05, 0.1) is 16.3 Å². The topological polar surface area (TPSA) is 83.5 Å². The number of rotatable bonds is 2. The molecule has 0 saturated heterocycles. The molecule has 0 amide bonds. The van der Waals surface area contributed by atoms with Gasteiger partial charge in [-0.25, -0.2) is 4.79 Å². The first-order valence-corrected chi connectivity index (χ1v) is 4.59. The van der Waals surface area contributed by atoms with E-state index in [0.29, 0.717) is 12.1 Å². The molecule has 0 heterocycles. The Kier molecular flexibility index (Phi) is 3.53. The van der Waals surface area contributed by atoms with Gasteiger partial charge in [-0.3, -0.25) is 0 Å². The maximum absolute atomic E-state index is 12.6. The smallest absolute Gasteiger partial charge is 0.416 e. The summed E-state index contributed by atoms with van der Waals surface area (Å²) in [4.78, 5) is 10.5. The Morgan fingerprint density at radius 2 is 1.94 bits per heavy atom. The molecule has 1 aromatic rings. The summed E-state index contributed by atoms with van der Waals surface area (Å²) in [5, 5.41) is 17.3. The average Bonchev–Trinajstić information content (AvgIpc) is 2.18. The number of hydrogen-bond donors (Lipinski definition) is 3. The minimum atomic E-state index is -4.83. The van der Waals surface area contributed by atoms with Gasteiger partial charge in [0.1, 0.15) is 0 Å². The van der Waals surface area contributed by atoms with Crippen molar-refractivity contribution in [2.45, 2.75) is 12.3 Å². The van der Waals surface area contributed by atoms with E-state index in [9.17, 15) is 18.0 Å². The SMILES string of the molecule is Nc1cc(C(O)C(=O)O)c(C(F)(F)F)cc1Cl. The molecule has 8 heteroatoms. The third-order valence-electron chi connectivity index (χ3n) is 2.00. The van der Waals surface area contributed by atoms with Crippen LogP contribution in [0, 0.1) is 0 Å². The largest absolute Gasteiger partial charge is 0.479 e. The van der Waals surface area contributed by atoms with Gasteiger partial charge in [0.25, 0.3) is 0 Å². The van der Waals surface area contributed by atoms with E-state index in [-0.39, 0.29) is 10.7 Å². The molecule has 0 radical (unpaired) electrons. The summed E-state index contributed by atoms with van der Waals surface area (Å²) in [5.41, 5.74) is 2.86. The number of carboxylic acid groups (broad SMARTS) is 1. The van der Waals surface area contributed by atoms with Gasteiger partial charge in [0, 0.05) is 5.56 Å². The number of nitrogens with two attached hydrogens (primary N) is 1. The van der Waals surface area contributed by atoms with Gasteiger partial charge in [0.15, 0.2) is 6.10 Å². The zero-order chi connectivity index (χ0) is 13.4. The summed E-state index contributed by atoms with van der Waals surface area (Å²) < 4.78 is 37.7. The summed E-state index contributed by atoms with van der Waals surface area (Å²) in [7, 11) is 0. The van der Waals surface area contributed by atoms with Crippen LogP contribution in [0.25, 0.3) is 0 Å². The molecule has 0 spiro atoms. The Labute approximate surface area is 98.4 Å². The number of carboxylic acids is 1. The molecule has 94 valence electrons. The maximum atomic E-state index is 12.6. The molecule has 17 heavy (non-hydrogen) atoms. The van der Waals surface area contributed by atoms with Crippen LogP contribution in [0.2, 0.25) is 5.02 Å². The summed E-state index contributed by atoms with van der Waals surface area (Å²) in [6.07, 6.45) is -7.14. The van der Waals surface area contributed by atoms with E-state index in [0.717, 1.165) is 0 Å². The van der Waals surface area contributed by atoms with Crippen molar-refractivity contribution in [3.8, 4) is 0 Å². The second-order valence-corrected chi connectivity index (χ2v) is 3.61. The van der Waals surface area contributed by atoms with E-state index in [4.69, 9.17) is 27.5 Å². The van der Waals surface area contributed by atoms with E-state index in [1.54, 1.807) is 0 Å². The van der Waals surface area contributed by atoms with Gasteiger partial charge in [-0.05, 0) is 12.1 Å². The quantitative estimate of drug-likeness (QED) is 0.718. The number of carbonyl (C=O) groups is 1. The van der Waals surface area contributed by atoms with Crippen LogP contribution in [0.5, 0.6) is 0 Å². The first-order chi connectivity index (χ1) is 7.64. The Hall–Kier alpha value is -1.47. The van der Waals surface area contributed by atoms with Crippen molar-refractivity contribution in [2.24, 2.45) is 0 Å². The molecule has 4 N–H and O–H groups in total. The predicted octanol–water partition coefficient (Wildman–Crippen LogP) is 2.06. The van der Waals surface area contributed by atoms with Gasteiger partial charge < -0.3 is 15.9 Å². The lowest BCUT2D eigenvalue weighted by atomic mass is 10.0. The second-order valence-electron chi connectivity index (χ2n) is 3.20. The zero-order valence-electron chi connectivity index (χ0n) is 8.12. The molecule has 0 fully saturated rings. The van der Waals surface area contributed by atoms with E-state index in [1.165, 1.54) is 0 Å². The van der Waals surface area contributed by atoms with Crippen LogP contribution >= 0.6 is 11.6 Å². The Morgan fingerprint density at radius 3 is 2.35 bits per heavy atom. The number of benzene rings is 1. The van der Waals surface area contributed by atoms with Crippen LogP contribution in [0.15, 0.2) is 12.1 Å². The van der Waals surface area contributed by atoms with E-state index >= 15 is 0 Å². The molecule has 4 nitrogen and oxygen atoms in total. The number of nitrogen functional groups attached to an aromatic ring is 1. The van der Waals surface area contributed by atoms with Gasteiger partial charge in [-0.2, -0.15) is 13.2 Å². The van der Waals surface area contributed by atoms with Crippen molar-refractivity contribution in [2.75, 3.05) is 5.73 Å². The predicted molar refractivity (Wildman–Crippen MR) is 53.5 cm³/mol. The van der Waals surface area contributed by atoms with E-state index < -0.39 is 29.4 Å². The third kappa shape index (κ3) is 2.80. The number of aliphatic hydroxyl groups is 1. The van der Waals surface area contributed by atoms with Crippen LogP contribution < -0.4 is 5.73 Å². The summed E-state index contributed by atoms with van der Waals surface area (Å²) >= 11 is 5.42. The maximum Gasteiger partial charge on any atom is 0.416 e. The minimum absolute atomic E-state index is 0.241. The molecule has 1 atom stereocenters. The van der Waals surface area contributed by atoms with Crippen molar-refractivity contribution in [3.63, 3.8) is 0 Å². The van der Waals surface area contributed by atoms with Crippen LogP contribution in [0.4, 0.5) is 18.9 Å². The van der Waals surface area contributed by atoms with Gasteiger partial charge in [-0.15, -0.1) is 0 Å². The van der Waals surface area contributed by atoms with Crippen molar-refractivity contribution < 1.29 is 28.2 Å². The third-order valence-corrected chi connectivity index (χ3v) is 2.33. The fraction of sp³-hybridized carbons (Fsp3) is 0.222. The van der Waals surface area contributed by atoms with E-state index in [1.807, 2.05) is 0 Å². The summed E-state index contributed by atoms with van der Waals surface area (Å²) in [6, 6.07) is 1.18. The highest BCUT2D eigenvalue weighted by Gasteiger charge is 2.37. The average molecular weight is 270 g/mol. The molecule has 0 aromatic heterocycles. The molecule has 0 aliphatic rings. The molecular formula is C9H7ClF3NO3. The van der Waals surface area contributed by atoms with Crippen molar-refractivity contribution in [3.05, 3.63) is 28.3 Å². The van der Waals surface area contributed by atoms with Crippen LogP contribution in [0.1, 0.15) is 17.2 Å². The fourth-order valence-corrected chi connectivity index (χ4v) is 1.38. The lowest BCUT2D eigenvalue weighted by molar-refractivity contribution is -0.149. The minimum Gasteiger partial charge on any atom is -0.479 e. The number of alkyl halides is 3. The number of halogens is 4. The van der Waals surface area contributed by atoms with Gasteiger partial charge in [-0.1, -0.05) is 11.6 Å². The number of aliphatic hydroxyl groups excluding tert-OH is 1. The van der Waals surface area contributed by atoms with Gasteiger partial charge >= 0.3 is 12.1 Å². The molecule has 0 aliphatic carbocycles. The highest BCUT2D eigenvalue weighted by atomic mass is 35.5. The first kappa shape index (κ1) is 13.6. The molecular weight excluding hydrogens is 263 g/mol. The Morgan fingerprint density at radius 1 is 1.41 bits per heavy atom. The summed E-state index contributed by atoms with van der Waals surface area (Å²) in [5.74, 6) is -1.81. The standard InChI is InChI=1S/C9H7ClF3NO3/c10-5-2-4(9(11,12)13)3(1-6(5)14)7(15)8(16)17/h1-2,7,15H,14H2,(H,16,17). The molecule has 0 aliphatic heterocycles. The highest BCUT2D eigenvalue weighted by Crippen LogP contribution is 2.38. The first-order valence-electron chi connectivity index (χ1n) is 4.21. The Balaban J connectivity index is 3.46. The van der Waals surface area contributed by atoms with Crippen LogP contribution in [0.3, 0.4) is 0 Å².